The number of hydrogen-bond acceptors (Lipinski definition) is 3. The number of oxazole rings is 1. The van der Waals surface area contributed by atoms with Gasteiger partial charge >= 0.3 is 0 Å². The van der Waals surface area contributed by atoms with Gasteiger partial charge in [0.1, 0.15) is 0 Å². The fourth-order valence-electron chi connectivity index (χ4n) is 2.53. The summed E-state index contributed by atoms with van der Waals surface area (Å²) in [5.41, 5.74) is 1.09. The summed E-state index contributed by atoms with van der Waals surface area (Å²) in [6.45, 7) is 5.48. The van der Waals surface area contributed by atoms with Gasteiger partial charge in [0.15, 0.2) is 5.76 Å². The molecule has 1 aromatic heterocycles. The maximum Gasteiger partial charge on any atom is 0.209 e. The minimum absolute atomic E-state index is 0.827. The maximum absolute atomic E-state index is 5.85. The Bertz CT molecular complexity index is 513. The highest BCUT2D eigenvalue weighted by Crippen LogP contribution is 2.22. The Hall–Kier alpha value is -1.61. The van der Waals surface area contributed by atoms with E-state index in [1.54, 1.807) is 0 Å². The summed E-state index contributed by atoms with van der Waals surface area (Å²) < 4.78 is 5.85. The van der Waals surface area contributed by atoms with Crippen LogP contribution in [0, 0.1) is 5.92 Å². The minimum atomic E-state index is 0.827. The quantitative estimate of drug-likeness (QED) is 0.840. The first kappa shape index (κ1) is 12.4. The number of likely N-dealkylation sites (tertiary alicyclic amines) is 1. The van der Waals surface area contributed by atoms with Crippen LogP contribution in [-0.4, -0.2) is 23.0 Å². The van der Waals surface area contributed by atoms with Crippen LogP contribution in [-0.2, 0) is 6.54 Å². The van der Waals surface area contributed by atoms with Crippen LogP contribution in [0.5, 0.6) is 0 Å². The maximum atomic E-state index is 5.85. The molecule has 0 spiro atoms. The third-order valence-electron chi connectivity index (χ3n) is 3.85. The van der Waals surface area contributed by atoms with E-state index in [-0.39, 0.29) is 0 Å². The van der Waals surface area contributed by atoms with Crippen molar-refractivity contribution in [3.8, 4) is 11.3 Å². The summed E-state index contributed by atoms with van der Waals surface area (Å²) in [5.74, 6) is 2.55. The van der Waals surface area contributed by atoms with Gasteiger partial charge in [-0.1, -0.05) is 37.3 Å². The lowest BCUT2D eigenvalue weighted by Gasteiger charge is -2.28. The first-order chi connectivity index (χ1) is 9.31. The predicted molar refractivity (Wildman–Crippen MR) is 75.6 cm³/mol. The summed E-state index contributed by atoms with van der Waals surface area (Å²) >= 11 is 0. The molecule has 100 valence electrons. The highest BCUT2D eigenvalue weighted by atomic mass is 16.4. The van der Waals surface area contributed by atoms with Crippen molar-refractivity contribution in [3.05, 3.63) is 42.4 Å². The molecule has 0 radical (unpaired) electrons. The van der Waals surface area contributed by atoms with Gasteiger partial charge in [0, 0.05) is 5.56 Å². The van der Waals surface area contributed by atoms with Crippen molar-refractivity contribution in [2.45, 2.75) is 26.3 Å². The largest absolute Gasteiger partial charge is 0.439 e. The zero-order valence-electron chi connectivity index (χ0n) is 11.4. The number of rotatable bonds is 3. The van der Waals surface area contributed by atoms with Crippen molar-refractivity contribution >= 4 is 0 Å². The summed E-state index contributed by atoms with van der Waals surface area (Å²) in [5, 5.41) is 0. The molecule has 1 saturated heterocycles. The van der Waals surface area contributed by atoms with Gasteiger partial charge in [0.2, 0.25) is 5.89 Å². The molecule has 1 fully saturated rings. The van der Waals surface area contributed by atoms with E-state index in [9.17, 15) is 0 Å². The van der Waals surface area contributed by atoms with Gasteiger partial charge in [-0.15, -0.1) is 0 Å². The second kappa shape index (κ2) is 5.57. The first-order valence-corrected chi connectivity index (χ1v) is 7.04. The standard InChI is InChI=1S/C16H20N2O/c1-13-7-9-18(10-8-13)12-16-17-11-15(19-16)14-5-3-2-4-6-14/h2-6,11,13H,7-10,12H2,1H3. The van der Waals surface area contributed by atoms with Crippen molar-refractivity contribution in [2.75, 3.05) is 13.1 Å². The molecule has 3 rings (SSSR count). The summed E-state index contributed by atoms with van der Waals surface area (Å²) in [6.07, 6.45) is 4.40. The van der Waals surface area contributed by atoms with E-state index in [1.807, 2.05) is 36.5 Å². The monoisotopic (exact) mass is 256 g/mol. The van der Waals surface area contributed by atoms with Crippen LogP contribution in [0.4, 0.5) is 0 Å². The molecule has 2 heterocycles. The van der Waals surface area contributed by atoms with Crippen LogP contribution < -0.4 is 0 Å². The van der Waals surface area contributed by atoms with E-state index >= 15 is 0 Å². The Morgan fingerprint density at radius 1 is 1.21 bits per heavy atom. The Morgan fingerprint density at radius 3 is 2.68 bits per heavy atom. The molecule has 0 N–H and O–H groups in total. The van der Waals surface area contributed by atoms with Crippen molar-refractivity contribution in [1.29, 1.82) is 0 Å². The Labute approximate surface area is 114 Å². The molecular weight excluding hydrogens is 236 g/mol. The number of piperidine rings is 1. The average molecular weight is 256 g/mol. The highest BCUT2D eigenvalue weighted by Gasteiger charge is 2.17. The molecule has 19 heavy (non-hydrogen) atoms. The fourth-order valence-corrected chi connectivity index (χ4v) is 2.53. The molecule has 0 bridgehead atoms. The van der Waals surface area contributed by atoms with E-state index < -0.39 is 0 Å². The topological polar surface area (TPSA) is 29.3 Å². The fraction of sp³-hybridized carbons (Fsp3) is 0.438. The number of aromatic nitrogens is 1. The van der Waals surface area contributed by atoms with Gasteiger partial charge in [-0.05, 0) is 31.8 Å². The van der Waals surface area contributed by atoms with Gasteiger partial charge in [-0.25, -0.2) is 4.98 Å². The third-order valence-corrected chi connectivity index (χ3v) is 3.85. The van der Waals surface area contributed by atoms with E-state index in [4.69, 9.17) is 4.42 Å². The molecule has 0 aliphatic carbocycles. The van der Waals surface area contributed by atoms with Crippen molar-refractivity contribution in [2.24, 2.45) is 5.92 Å². The molecule has 3 heteroatoms. The summed E-state index contributed by atoms with van der Waals surface area (Å²) in [6, 6.07) is 10.1. The smallest absolute Gasteiger partial charge is 0.209 e. The molecule has 1 aromatic carbocycles. The Morgan fingerprint density at radius 2 is 1.95 bits per heavy atom. The van der Waals surface area contributed by atoms with Gasteiger partial charge in [-0.2, -0.15) is 0 Å². The first-order valence-electron chi connectivity index (χ1n) is 7.04. The van der Waals surface area contributed by atoms with E-state index in [2.05, 4.69) is 16.8 Å². The van der Waals surface area contributed by atoms with E-state index in [1.165, 1.54) is 12.8 Å². The molecule has 3 nitrogen and oxygen atoms in total. The minimum Gasteiger partial charge on any atom is -0.439 e. The van der Waals surface area contributed by atoms with Crippen molar-refractivity contribution in [3.63, 3.8) is 0 Å². The van der Waals surface area contributed by atoms with Crippen LogP contribution in [0.1, 0.15) is 25.7 Å². The van der Waals surface area contributed by atoms with Gasteiger partial charge in [0.25, 0.3) is 0 Å². The zero-order chi connectivity index (χ0) is 13.1. The summed E-state index contributed by atoms with van der Waals surface area (Å²) in [4.78, 5) is 6.83. The average Bonchev–Trinajstić information content (AvgIpc) is 2.91. The molecule has 0 unspecified atom stereocenters. The number of nitrogens with zero attached hydrogens (tertiary/aromatic N) is 2. The van der Waals surface area contributed by atoms with Crippen LogP contribution in [0.2, 0.25) is 0 Å². The lowest BCUT2D eigenvalue weighted by molar-refractivity contribution is 0.171. The summed E-state index contributed by atoms with van der Waals surface area (Å²) in [7, 11) is 0. The SMILES string of the molecule is CC1CCN(Cc2ncc(-c3ccccc3)o2)CC1. The molecule has 2 aromatic rings. The predicted octanol–water partition coefficient (Wildman–Crippen LogP) is 3.57. The lowest BCUT2D eigenvalue weighted by atomic mass is 9.99. The van der Waals surface area contributed by atoms with Crippen molar-refractivity contribution < 1.29 is 4.42 Å². The van der Waals surface area contributed by atoms with Crippen LogP contribution in [0.3, 0.4) is 0 Å². The normalized spacial score (nSPS) is 17.7. The van der Waals surface area contributed by atoms with Gasteiger partial charge < -0.3 is 4.42 Å². The molecule has 1 aliphatic heterocycles. The van der Waals surface area contributed by atoms with Crippen molar-refractivity contribution in [1.82, 2.24) is 9.88 Å². The lowest BCUT2D eigenvalue weighted by Crippen LogP contribution is -2.32. The zero-order valence-corrected chi connectivity index (χ0v) is 11.4. The second-order valence-electron chi connectivity index (χ2n) is 5.44. The Kier molecular flexibility index (Phi) is 3.65. The number of benzene rings is 1. The second-order valence-corrected chi connectivity index (χ2v) is 5.44. The van der Waals surface area contributed by atoms with E-state index in [0.29, 0.717) is 0 Å². The molecule has 0 atom stereocenters. The molecule has 0 saturated carbocycles. The van der Waals surface area contributed by atoms with Crippen LogP contribution >= 0.6 is 0 Å². The third kappa shape index (κ3) is 3.04. The Balaban J connectivity index is 1.65. The van der Waals surface area contributed by atoms with Crippen LogP contribution in [0.25, 0.3) is 11.3 Å². The molecule has 0 amide bonds. The van der Waals surface area contributed by atoms with E-state index in [0.717, 1.165) is 42.8 Å². The highest BCUT2D eigenvalue weighted by molar-refractivity contribution is 5.55. The molecular formula is C16H20N2O. The molecule has 1 aliphatic rings. The van der Waals surface area contributed by atoms with Crippen LogP contribution in [0.15, 0.2) is 40.9 Å². The number of hydrogen-bond donors (Lipinski definition) is 0. The van der Waals surface area contributed by atoms with Gasteiger partial charge in [-0.3, -0.25) is 4.90 Å². The van der Waals surface area contributed by atoms with Gasteiger partial charge in [0.05, 0.1) is 12.7 Å².